The van der Waals surface area contributed by atoms with E-state index in [0.29, 0.717) is 21.8 Å². The first-order chi connectivity index (χ1) is 9.51. The van der Waals surface area contributed by atoms with Crippen LogP contribution in [0.1, 0.15) is 15.9 Å². The lowest BCUT2D eigenvalue weighted by Gasteiger charge is -2.09. The smallest absolute Gasteiger partial charge is 0.256 e. The molecule has 0 aliphatic rings. The molecule has 0 saturated heterocycles. The number of amides is 1. The van der Waals surface area contributed by atoms with Gasteiger partial charge in [0.1, 0.15) is 6.07 Å². The van der Waals surface area contributed by atoms with Crippen molar-refractivity contribution >= 4 is 61.7 Å². The number of nitriles is 1. The Morgan fingerprint density at radius 1 is 1.30 bits per heavy atom. The number of hydrogen-bond donors (Lipinski definition) is 1. The molecule has 0 saturated carbocycles. The number of carbonyl (C=O) groups excluding carboxylic acids is 1. The second-order valence-corrected chi connectivity index (χ2v) is 6.39. The van der Waals surface area contributed by atoms with E-state index >= 15 is 0 Å². The molecule has 100 valence electrons. The average molecular weight is 461 g/mol. The molecule has 3 nitrogen and oxygen atoms in total. The highest BCUT2D eigenvalue weighted by Crippen LogP contribution is 2.23. The molecule has 1 amide bonds. The van der Waals surface area contributed by atoms with Crippen molar-refractivity contribution in [3.05, 3.63) is 60.6 Å². The number of benzene rings is 2. The molecule has 2 rings (SSSR count). The molecule has 0 aromatic heterocycles. The minimum absolute atomic E-state index is 0.300. The molecule has 0 spiro atoms. The fourth-order valence-electron chi connectivity index (χ4n) is 1.58. The van der Waals surface area contributed by atoms with Gasteiger partial charge in [-0.2, -0.15) is 5.26 Å². The van der Waals surface area contributed by atoms with Crippen LogP contribution in [0.2, 0.25) is 5.02 Å². The van der Waals surface area contributed by atoms with E-state index in [1.54, 1.807) is 36.4 Å². The number of halogens is 3. The van der Waals surface area contributed by atoms with Crippen molar-refractivity contribution in [3.63, 3.8) is 0 Å². The van der Waals surface area contributed by atoms with Gasteiger partial charge in [0.15, 0.2) is 0 Å². The summed E-state index contributed by atoms with van der Waals surface area (Å²) in [5.74, 6) is -0.300. The van der Waals surface area contributed by atoms with E-state index in [-0.39, 0.29) is 5.91 Å². The maximum Gasteiger partial charge on any atom is 0.256 e. The summed E-state index contributed by atoms with van der Waals surface area (Å²) in [6.45, 7) is 0. The van der Waals surface area contributed by atoms with Crippen LogP contribution < -0.4 is 5.32 Å². The molecule has 0 heterocycles. The molecule has 0 unspecified atom stereocenters. The first-order valence-electron chi connectivity index (χ1n) is 5.47. The largest absolute Gasteiger partial charge is 0.321 e. The molecule has 0 aliphatic carbocycles. The molecule has 0 radical (unpaired) electrons. The Morgan fingerprint density at radius 3 is 2.75 bits per heavy atom. The Labute approximate surface area is 143 Å². The van der Waals surface area contributed by atoms with Crippen LogP contribution in [0.4, 0.5) is 5.69 Å². The predicted octanol–water partition coefficient (Wildman–Crippen LogP) is 4.83. The average Bonchev–Trinajstić information content (AvgIpc) is 2.41. The van der Waals surface area contributed by atoms with Crippen molar-refractivity contribution in [1.82, 2.24) is 0 Å². The summed E-state index contributed by atoms with van der Waals surface area (Å²) in [6.07, 6.45) is 0. The summed E-state index contributed by atoms with van der Waals surface area (Å²) in [7, 11) is 0. The lowest BCUT2D eigenvalue weighted by molar-refractivity contribution is 0.102. The zero-order valence-electron chi connectivity index (χ0n) is 9.95. The van der Waals surface area contributed by atoms with Gasteiger partial charge in [-0.3, -0.25) is 4.79 Å². The monoisotopic (exact) mass is 460 g/mol. The van der Waals surface area contributed by atoms with E-state index in [9.17, 15) is 4.79 Å². The van der Waals surface area contributed by atoms with Gasteiger partial charge >= 0.3 is 0 Å². The van der Waals surface area contributed by atoms with Gasteiger partial charge in [-0.1, -0.05) is 27.5 Å². The van der Waals surface area contributed by atoms with Gasteiger partial charge in [-0.05, 0) is 59.0 Å². The second-order valence-electron chi connectivity index (χ2n) is 3.88. The van der Waals surface area contributed by atoms with Crippen molar-refractivity contribution in [2.75, 3.05) is 5.32 Å². The topological polar surface area (TPSA) is 52.9 Å². The van der Waals surface area contributed by atoms with Crippen molar-refractivity contribution in [3.8, 4) is 6.07 Å². The molecule has 0 aliphatic heterocycles. The van der Waals surface area contributed by atoms with Gasteiger partial charge in [0.05, 0.1) is 16.8 Å². The Kier molecular flexibility index (Phi) is 5.02. The van der Waals surface area contributed by atoms with Crippen molar-refractivity contribution in [2.24, 2.45) is 0 Å². The van der Waals surface area contributed by atoms with Crippen LogP contribution >= 0.6 is 50.1 Å². The first kappa shape index (κ1) is 15.3. The fourth-order valence-corrected chi connectivity index (χ4v) is 2.69. The molecular formula is C14H7BrClIN2O. The number of rotatable bonds is 2. The minimum Gasteiger partial charge on any atom is -0.321 e. The Balaban J connectivity index is 2.35. The number of anilines is 1. The highest BCUT2D eigenvalue weighted by atomic mass is 127. The van der Waals surface area contributed by atoms with Crippen LogP contribution in [0.5, 0.6) is 0 Å². The molecule has 1 N–H and O–H groups in total. The van der Waals surface area contributed by atoms with Crippen LogP contribution in [0.25, 0.3) is 0 Å². The quantitative estimate of drug-likeness (QED) is 0.652. The third-order valence-electron chi connectivity index (χ3n) is 2.52. The van der Waals surface area contributed by atoms with Crippen molar-refractivity contribution in [1.29, 1.82) is 5.26 Å². The van der Waals surface area contributed by atoms with Gasteiger partial charge < -0.3 is 5.32 Å². The van der Waals surface area contributed by atoms with Crippen LogP contribution in [0.15, 0.2) is 40.9 Å². The molecule has 2 aromatic rings. The third-order valence-corrected chi connectivity index (χ3v) is 4.19. The lowest BCUT2D eigenvalue weighted by Crippen LogP contribution is -2.14. The van der Waals surface area contributed by atoms with Crippen molar-refractivity contribution < 1.29 is 4.79 Å². The van der Waals surface area contributed by atoms with Gasteiger partial charge in [-0.25, -0.2) is 0 Å². The summed E-state index contributed by atoms with van der Waals surface area (Å²) in [6, 6.07) is 12.2. The summed E-state index contributed by atoms with van der Waals surface area (Å²) in [5.41, 5.74) is 1.34. The highest BCUT2D eigenvalue weighted by Gasteiger charge is 2.13. The maximum absolute atomic E-state index is 12.3. The van der Waals surface area contributed by atoms with Gasteiger partial charge in [-0.15, -0.1) is 0 Å². The minimum atomic E-state index is -0.300. The van der Waals surface area contributed by atoms with E-state index in [1.165, 1.54) is 0 Å². The summed E-state index contributed by atoms with van der Waals surface area (Å²) >= 11 is 11.3. The Bertz CT molecular complexity index is 728. The van der Waals surface area contributed by atoms with E-state index in [1.807, 2.05) is 6.07 Å². The Hall–Kier alpha value is -1.10. The fraction of sp³-hybridized carbons (Fsp3) is 0. The van der Waals surface area contributed by atoms with Crippen LogP contribution in [-0.2, 0) is 0 Å². The number of carbonyl (C=O) groups is 1. The number of hydrogen-bond acceptors (Lipinski definition) is 2. The zero-order chi connectivity index (χ0) is 14.7. The number of nitrogens with zero attached hydrogens (tertiary/aromatic N) is 1. The number of nitrogens with one attached hydrogen (secondary N) is 1. The highest BCUT2D eigenvalue weighted by molar-refractivity contribution is 14.1. The molecule has 20 heavy (non-hydrogen) atoms. The SMILES string of the molecule is N#Cc1ccc(Br)cc1NC(=O)c1cc(Cl)ccc1I. The van der Waals surface area contributed by atoms with Crippen molar-refractivity contribution in [2.45, 2.75) is 0 Å². The first-order valence-corrected chi connectivity index (χ1v) is 7.72. The standard InChI is InChI=1S/C14H7BrClIN2O/c15-9-2-1-8(7-18)13(5-9)19-14(20)11-6-10(16)3-4-12(11)17/h1-6H,(H,19,20). The van der Waals surface area contributed by atoms with E-state index in [4.69, 9.17) is 16.9 Å². The van der Waals surface area contributed by atoms with Crippen LogP contribution in [-0.4, -0.2) is 5.91 Å². The molecule has 0 atom stereocenters. The molecular weight excluding hydrogens is 454 g/mol. The summed E-state index contributed by atoms with van der Waals surface area (Å²) in [4.78, 5) is 12.3. The second kappa shape index (κ2) is 6.57. The van der Waals surface area contributed by atoms with E-state index < -0.39 is 0 Å². The molecule has 2 aromatic carbocycles. The van der Waals surface area contributed by atoms with E-state index in [2.05, 4.69) is 43.8 Å². The molecule has 0 bridgehead atoms. The maximum atomic E-state index is 12.3. The van der Waals surface area contributed by atoms with Gasteiger partial charge in [0, 0.05) is 13.1 Å². The van der Waals surface area contributed by atoms with Gasteiger partial charge in [0.25, 0.3) is 5.91 Å². The third kappa shape index (κ3) is 3.51. The van der Waals surface area contributed by atoms with Crippen LogP contribution in [0, 0.1) is 14.9 Å². The lowest BCUT2D eigenvalue weighted by atomic mass is 10.1. The van der Waals surface area contributed by atoms with E-state index in [0.717, 1.165) is 8.04 Å². The Morgan fingerprint density at radius 2 is 2.05 bits per heavy atom. The normalized spacial score (nSPS) is 9.90. The molecule has 6 heteroatoms. The van der Waals surface area contributed by atoms with Crippen LogP contribution in [0.3, 0.4) is 0 Å². The summed E-state index contributed by atoms with van der Waals surface area (Å²) in [5, 5.41) is 12.3. The molecule has 0 fully saturated rings. The predicted molar refractivity (Wildman–Crippen MR) is 91.0 cm³/mol. The zero-order valence-corrected chi connectivity index (χ0v) is 14.5. The van der Waals surface area contributed by atoms with Gasteiger partial charge in [0.2, 0.25) is 0 Å². The summed E-state index contributed by atoms with van der Waals surface area (Å²) < 4.78 is 1.57.